The molecule has 1 fully saturated rings. The summed E-state index contributed by atoms with van der Waals surface area (Å²) in [6.07, 6.45) is -2.47. The topological polar surface area (TPSA) is 164 Å². The molecule has 13 nitrogen and oxygen atoms in total. The van der Waals surface area contributed by atoms with E-state index in [1.54, 1.807) is 24.4 Å². The number of aryl methyl sites for hydroxylation is 1. The second-order valence-corrected chi connectivity index (χ2v) is 8.26. The molecule has 1 unspecified atom stereocenters. The molecule has 0 bridgehead atoms. The minimum atomic E-state index is -1.28. The zero-order chi connectivity index (χ0) is 24.8. The number of esters is 1. The van der Waals surface area contributed by atoms with E-state index in [0.717, 1.165) is 9.13 Å². The van der Waals surface area contributed by atoms with Gasteiger partial charge in [-0.15, -0.1) is 11.3 Å². The van der Waals surface area contributed by atoms with E-state index in [9.17, 15) is 19.2 Å². The number of hydrogen-bond donors (Lipinski definition) is 0. The van der Waals surface area contributed by atoms with Crippen molar-refractivity contribution in [3.8, 4) is 5.06 Å². The van der Waals surface area contributed by atoms with Gasteiger partial charge in [-0.3, -0.25) is 14.2 Å². The summed E-state index contributed by atoms with van der Waals surface area (Å²) in [5.41, 5.74) is 7.60. The van der Waals surface area contributed by atoms with Crippen molar-refractivity contribution in [3.05, 3.63) is 60.6 Å². The Bertz CT molecular complexity index is 1200. The van der Waals surface area contributed by atoms with Gasteiger partial charge in [0.15, 0.2) is 11.3 Å². The van der Waals surface area contributed by atoms with Crippen molar-refractivity contribution in [1.29, 1.82) is 0 Å². The molecule has 14 heteroatoms. The van der Waals surface area contributed by atoms with Gasteiger partial charge in [-0.1, -0.05) is 12.0 Å². The lowest BCUT2D eigenvalue weighted by molar-refractivity contribution is -0.148. The summed E-state index contributed by atoms with van der Waals surface area (Å²) in [6, 6.07) is 2.54. The number of hydrogen-bond acceptors (Lipinski definition) is 10. The van der Waals surface area contributed by atoms with Gasteiger partial charge in [0, 0.05) is 29.5 Å². The zero-order valence-electron chi connectivity index (χ0n) is 18.7. The highest BCUT2D eigenvalue weighted by atomic mass is 32.1. The molecule has 0 N–H and O–H groups in total. The van der Waals surface area contributed by atoms with Crippen LogP contribution in [0, 0.1) is 6.92 Å². The molecule has 0 aromatic carbocycles. The maximum absolute atomic E-state index is 13.2. The van der Waals surface area contributed by atoms with Gasteiger partial charge >= 0.3 is 17.8 Å². The van der Waals surface area contributed by atoms with Crippen LogP contribution in [0.5, 0.6) is 5.06 Å². The number of nitrogens with zero attached hydrogens (tertiary/aromatic N) is 5. The monoisotopic (exact) mass is 493 g/mol. The van der Waals surface area contributed by atoms with Gasteiger partial charge in [0.25, 0.3) is 5.56 Å². The van der Waals surface area contributed by atoms with E-state index >= 15 is 0 Å². The van der Waals surface area contributed by atoms with Crippen LogP contribution in [-0.4, -0.2) is 40.0 Å². The van der Waals surface area contributed by atoms with Crippen LogP contribution < -0.4 is 16.0 Å². The van der Waals surface area contributed by atoms with Crippen LogP contribution >= 0.6 is 11.3 Å². The molecule has 3 heterocycles. The van der Waals surface area contributed by atoms with Crippen LogP contribution in [0.3, 0.4) is 0 Å². The number of aromatic nitrogens is 2. The Balaban J connectivity index is 1.84. The van der Waals surface area contributed by atoms with E-state index in [1.165, 1.54) is 31.4 Å². The Morgan fingerprint density at radius 2 is 2.18 bits per heavy atom. The number of carbonyl (C=O) groups is 2. The Kier molecular flexibility index (Phi) is 8.10. The lowest BCUT2D eigenvalue weighted by Gasteiger charge is -2.20. The summed E-state index contributed by atoms with van der Waals surface area (Å²) in [5.74, 6) is -0.450. The summed E-state index contributed by atoms with van der Waals surface area (Å²) in [5, 5.41) is 5.68. The minimum absolute atomic E-state index is 0.103. The van der Waals surface area contributed by atoms with Gasteiger partial charge in [-0.05, 0) is 36.9 Å². The van der Waals surface area contributed by atoms with E-state index in [2.05, 4.69) is 10.0 Å². The fraction of sp³-hybridized carbons (Fsp3) is 0.500. The van der Waals surface area contributed by atoms with Crippen LogP contribution in [0.1, 0.15) is 44.7 Å². The zero-order valence-corrected chi connectivity index (χ0v) is 19.5. The predicted molar refractivity (Wildman–Crippen MR) is 119 cm³/mol. The van der Waals surface area contributed by atoms with Gasteiger partial charge in [-0.2, -0.15) is 0 Å². The summed E-state index contributed by atoms with van der Waals surface area (Å²) < 4.78 is 23.0. The molecule has 2 aromatic rings. The highest BCUT2D eigenvalue weighted by Crippen LogP contribution is 2.30. The Hall–Kier alpha value is -3.61. The van der Waals surface area contributed by atoms with Gasteiger partial charge in [0.1, 0.15) is 18.9 Å². The fourth-order valence-corrected chi connectivity index (χ4v) is 3.93. The average molecular weight is 493 g/mol. The Labute approximate surface area is 197 Å². The van der Waals surface area contributed by atoms with E-state index < -0.39 is 48.0 Å². The summed E-state index contributed by atoms with van der Waals surface area (Å²) >= 11 is 1.17. The molecule has 0 radical (unpaired) electrons. The maximum Gasteiger partial charge on any atom is 0.516 e. The molecular weight excluding hydrogens is 470 g/mol. The van der Waals surface area contributed by atoms with Crippen molar-refractivity contribution in [3.63, 3.8) is 0 Å². The molecule has 0 amide bonds. The van der Waals surface area contributed by atoms with Crippen LogP contribution in [0.2, 0.25) is 0 Å². The van der Waals surface area contributed by atoms with Crippen molar-refractivity contribution in [2.45, 2.75) is 58.2 Å². The molecular formula is C20H23N5O8S. The SMILES string of the molecule is CCC(=O)OC[C@H]1O[C@@H](n2cc(C)c(=O)n(C(C)OC(=O)Oc3cccs3)c2=O)C[C@@H]1N=[N+]=[N-]. The number of thiophene rings is 1. The van der Waals surface area contributed by atoms with Crippen molar-refractivity contribution in [2.75, 3.05) is 6.61 Å². The van der Waals surface area contributed by atoms with Crippen LogP contribution in [0.25, 0.3) is 10.4 Å². The van der Waals surface area contributed by atoms with E-state index in [-0.39, 0.29) is 25.0 Å². The summed E-state index contributed by atoms with van der Waals surface area (Å²) in [7, 11) is 0. The van der Waals surface area contributed by atoms with Gasteiger partial charge in [0.2, 0.25) is 0 Å². The Morgan fingerprint density at radius 3 is 2.82 bits per heavy atom. The van der Waals surface area contributed by atoms with Gasteiger partial charge in [0.05, 0.1) is 6.04 Å². The molecule has 4 atom stereocenters. The third kappa shape index (κ3) is 5.65. The molecule has 3 rings (SSSR count). The van der Waals surface area contributed by atoms with Gasteiger partial charge in [-0.25, -0.2) is 14.2 Å². The highest BCUT2D eigenvalue weighted by molar-refractivity contribution is 7.11. The van der Waals surface area contributed by atoms with E-state index in [1.807, 2.05) is 0 Å². The predicted octanol–water partition coefficient (Wildman–Crippen LogP) is 3.03. The fourth-order valence-electron chi connectivity index (χ4n) is 3.37. The average Bonchev–Trinajstić information content (AvgIpc) is 3.44. The van der Waals surface area contributed by atoms with Crippen LogP contribution in [-0.2, 0) is 19.0 Å². The molecule has 1 aliphatic heterocycles. The molecule has 0 saturated carbocycles. The third-order valence-electron chi connectivity index (χ3n) is 5.04. The first-order valence-electron chi connectivity index (χ1n) is 10.4. The second-order valence-electron chi connectivity index (χ2n) is 7.35. The molecule has 0 spiro atoms. The van der Waals surface area contributed by atoms with Crippen molar-refractivity contribution in [2.24, 2.45) is 5.11 Å². The highest BCUT2D eigenvalue weighted by Gasteiger charge is 2.37. The summed E-state index contributed by atoms with van der Waals surface area (Å²) in [6.45, 7) is 4.32. The number of azide groups is 1. The first-order valence-corrected chi connectivity index (χ1v) is 11.2. The third-order valence-corrected chi connectivity index (χ3v) is 5.78. The van der Waals surface area contributed by atoms with Crippen molar-refractivity contribution < 1.29 is 28.5 Å². The van der Waals surface area contributed by atoms with Crippen LogP contribution in [0.15, 0.2) is 38.4 Å². The van der Waals surface area contributed by atoms with Crippen LogP contribution in [0.4, 0.5) is 4.79 Å². The Morgan fingerprint density at radius 1 is 1.41 bits per heavy atom. The molecule has 0 aliphatic carbocycles. The summed E-state index contributed by atoms with van der Waals surface area (Å²) in [4.78, 5) is 52.3. The largest absolute Gasteiger partial charge is 0.516 e. The number of carbonyl (C=O) groups excluding carboxylic acids is 2. The molecule has 182 valence electrons. The molecule has 34 heavy (non-hydrogen) atoms. The minimum Gasteiger partial charge on any atom is -0.463 e. The first-order chi connectivity index (χ1) is 16.2. The lowest BCUT2D eigenvalue weighted by Crippen LogP contribution is -2.44. The maximum atomic E-state index is 13.2. The first kappa shape index (κ1) is 25.0. The van der Waals surface area contributed by atoms with E-state index in [4.69, 9.17) is 24.5 Å². The molecule has 1 saturated heterocycles. The van der Waals surface area contributed by atoms with Crippen molar-refractivity contribution in [1.82, 2.24) is 9.13 Å². The number of ether oxygens (including phenoxy) is 4. The second kappa shape index (κ2) is 11.0. The van der Waals surface area contributed by atoms with Gasteiger partial charge < -0.3 is 18.9 Å². The van der Waals surface area contributed by atoms with Crippen molar-refractivity contribution >= 4 is 23.5 Å². The molecule has 2 aromatic heterocycles. The lowest BCUT2D eigenvalue weighted by atomic mass is 10.1. The van der Waals surface area contributed by atoms with E-state index in [0.29, 0.717) is 5.06 Å². The quantitative estimate of drug-likeness (QED) is 0.234. The molecule has 1 aliphatic rings. The smallest absolute Gasteiger partial charge is 0.463 e. The standard InChI is InChI=1S/C20H23N5O8S/c1-4-16(26)30-10-14-13(22-23-21)8-15(32-14)24-9-11(2)18(27)25(19(24)28)12(3)31-20(29)33-17-6-5-7-34-17/h5-7,9,12-15H,4,8,10H2,1-3H3/t12?,13-,14+,15+/m0/s1. The number of rotatable bonds is 8. The normalized spacial score (nSPS) is 20.3.